The third-order valence-electron chi connectivity index (χ3n) is 6.36. The Kier molecular flexibility index (Phi) is 5.32. The molecule has 0 fully saturated rings. The number of aromatic amines is 1. The predicted octanol–water partition coefficient (Wildman–Crippen LogP) is 1.36. The fourth-order valence-corrected chi connectivity index (χ4v) is 4.57. The van der Waals surface area contributed by atoms with Crippen molar-refractivity contribution in [1.82, 2.24) is 40.5 Å². The van der Waals surface area contributed by atoms with E-state index in [0.717, 1.165) is 24.2 Å². The van der Waals surface area contributed by atoms with Crippen molar-refractivity contribution >= 4 is 11.9 Å². The highest BCUT2D eigenvalue weighted by Crippen LogP contribution is 2.29. The number of H-pyrrole nitrogens is 1. The monoisotopic (exact) mass is 473 g/mol. The van der Waals surface area contributed by atoms with E-state index in [4.69, 9.17) is 9.15 Å². The molecule has 1 aliphatic carbocycles. The summed E-state index contributed by atoms with van der Waals surface area (Å²) in [6.45, 7) is 0.993. The van der Waals surface area contributed by atoms with Gasteiger partial charge in [-0.2, -0.15) is 4.98 Å². The van der Waals surface area contributed by atoms with Crippen LogP contribution in [0.4, 0.5) is 5.95 Å². The Bertz CT molecular complexity index is 1360. The Labute approximate surface area is 200 Å². The van der Waals surface area contributed by atoms with Gasteiger partial charge in [-0.15, -0.1) is 15.3 Å². The van der Waals surface area contributed by atoms with Crippen LogP contribution in [0.5, 0.6) is 5.88 Å². The van der Waals surface area contributed by atoms with Crippen LogP contribution in [0.1, 0.15) is 28.4 Å². The molecule has 0 radical (unpaired) electrons. The molecule has 1 aromatic carbocycles. The number of anilines is 1. The van der Waals surface area contributed by atoms with E-state index in [9.17, 15) is 4.79 Å². The summed E-state index contributed by atoms with van der Waals surface area (Å²) >= 11 is 0. The Morgan fingerprint density at radius 3 is 2.86 bits per heavy atom. The molecule has 4 heterocycles. The molecule has 12 nitrogen and oxygen atoms in total. The molecule has 12 heteroatoms. The Hall–Kier alpha value is -4.35. The number of nitrogens with zero attached hydrogens (tertiary/aromatic N) is 7. The molecule has 0 atom stereocenters. The van der Waals surface area contributed by atoms with Crippen molar-refractivity contribution in [3.8, 4) is 17.3 Å². The first-order valence-corrected chi connectivity index (χ1v) is 11.4. The molecule has 0 spiro atoms. The van der Waals surface area contributed by atoms with Crippen LogP contribution >= 0.6 is 0 Å². The fourth-order valence-electron chi connectivity index (χ4n) is 4.57. The minimum Gasteiger partial charge on any atom is -0.480 e. The second kappa shape index (κ2) is 8.78. The smallest absolute Gasteiger partial charge is 0.254 e. The number of nitrogens with one attached hydrogen (secondary N) is 2. The Morgan fingerprint density at radius 2 is 2.06 bits per heavy atom. The quantitative estimate of drug-likeness (QED) is 0.420. The summed E-state index contributed by atoms with van der Waals surface area (Å²) in [6.07, 6.45) is 4.10. The van der Waals surface area contributed by atoms with E-state index in [2.05, 4.69) is 65.2 Å². The topological polar surface area (TPSA) is 148 Å². The fraction of sp³-hybridized carbons (Fsp3) is 0.348. The van der Waals surface area contributed by atoms with E-state index in [1.165, 1.54) is 18.2 Å². The van der Waals surface area contributed by atoms with E-state index in [-0.39, 0.29) is 30.2 Å². The number of fused-ring (bicyclic) bond motifs is 2. The summed E-state index contributed by atoms with van der Waals surface area (Å²) in [5, 5.41) is 22.2. The van der Waals surface area contributed by atoms with Crippen molar-refractivity contribution in [1.29, 1.82) is 0 Å². The molecule has 1 aliphatic heterocycles. The zero-order chi connectivity index (χ0) is 23.8. The maximum absolute atomic E-state index is 12.7. The Balaban J connectivity index is 1.13. The van der Waals surface area contributed by atoms with Crippen molar-refractivity contribution in [3.63, 3.8) is 0 Å². The van der Waals surface area contributed by atoms with Gasteiger partial charge >= 0.3 is 0 Å². The average Bonchev–Trinajstić information content (AvgIpc) is 3.62. The lowest BCUT2D eigenvalue weighted by Gasteiger charge is -2.25. The third-order valence-corrected chi connectivity index (χ3v) is 6.36. The van der Waals surface area contributed by atoms with Crippen molar-refractivity contribution in [2.45, 2.75) is 38.3 Å². The van der Waals surface area contributed by atoms with Crippen LogP contribution in [0, 0.1) is 0 Å². The number of rotatable bonds is 6. The Morgan fingerprint density at radius 1 is 1.23 bits per heavy atom. The number of amides is 1. The van der Waals surface area contributed by atoms with E-state index < -0.39 is 0 Å². The molecule has 0 bridgehead atoms. The van der Waals surface area contributed by atoms with Crippen LogP contribution in [-0.2, 0) is 37.0 Å². The van der Waals surface area contributed by atoms with Gasteiger partial charge in [-0.1, -0.05) is 29.5 Å². The summed E-state index contributed by atoms with van der Waals surface area (Å²) in [6, 6.07) is 8.63. The molecule has 2 N–H and O–H groups in total. The highest BCUT2D eigenvalue weighted by Gasteiger charge is 2.26. The third kappa shape index (κ3) is 4.18. The molecule has 35 heavy (non-hydrogen) atoms. The molecular weight excluding hydrogens is 450 g/mol. The van der Waals surface area contributed by atoms with E-state index in [1.54, 1.807) is 11.1 Å². The van der Waals surface area contributed by atoms with Crippen LogP contribution in [0.25, 0.3) is 11.5 Å². The average molecular weight is 473 g/mol. The van der Waals surface area contributed by atoms with E-state index in [0.29, 0.717) is 36.9 Å². The normalized spacial score (nSPS) is 15.1. The molecule has 0 unspecified atom stereocenters. The predicted molar refractivity (Wildman–Crippen MR) is 122 cm³/mol. The molecule has 0 saturated carbocycles. The number of methoxy groups -OCH3 is 1. The second-order valence-electron chi connectivity index (χ2n) is 8.61. The number of aromatic nitrogens is 7. The van der Waals surface area contributed by atoms with Crippen molar-refractivity contribution < 1.29 is 13.9 Å². The molecule has 2 aliphatic rings. The lowest BCUT2D eigenvalue weighted by atomic mass is 10.1. The van der Waals surface area contributed by atoms with Gasteiger partial charge < -0.3 is 19.4 Å². The summed E-state index contributed by atoms with van der Waals surface area (Å²) in [4.78, 5) is 23.4. The number of ether oxygens (including phenoxy) is 1. The van der Waals surface area contributed by atoms with Crippen LogP contribution in [-0.4, -0.2) is 66.1 Å². The number of carbonyl (C=O) groups is 1. The van der Waals surface area contributed by atoms with E-state index in [1.807, 2.05) is 0 Å². The highest BCUT2D eigenvalue weighted by molar-refractivity contribution is 5.78. The van der Waals surface area contributed by atoms with Gasteiger partial charge in [-0.05, 0) is 24.0 Å². The summed E-state index contributed by atoms with van der Waals surface area (Å²) in [7, 11) is 1.52. The van der Waals surface area contributed by atoms with Gasteiger partial charge in [0.15, 0.2) is 0 Å². The van der Waals surface area contributed by atoms with Gasteiger partial charge in [0.1, 0.15) is 17.7 Å². The van der Waals surface area contributed by atoms with Crippen LogP contribution in [0.15, 0.2) is 34.9 Å². The first-order valence-electron chi connectivity index (χ1n) is 11.4. The summed E-state index contributed by atoms with van der Waals surface area (Å²) < 4.78 is 11.2. The number of carbonyl (C=O) groups excluding carboxylic acids is 1. The number of benzene rings is 1. The molecule has 3 aromatic heterocycles. The standard InChI is InChI=1S/C23H23N9O3/c1-34-21-16(11-24-23(26-21)25-15-8-13-4-2-3-5-14(13)9-15)22-30-29-19(35-22)10-20(33)32-7-6-17-18(12-32)28-31-27-17/h2-5,11,15H,6-10,12H2,1H3,(H,24,25,26)(H,27,28,31). The molecule has 4 aromatic rings. The largest absolute Gasteiger partial charge is 0.480 e. The second-order valence-corrected chi connectivity index (χ2v) is 8.61. The summed E-state index contributed by atoms with van der Waals surface area (Å²) in [5.41, 5.74) is 4.90. The van der Waals surface area contributed by atoms with Gasteiger partial charge in [-0.25, -0.2) is 4.98 Å². The van der Waals surface area contributed by atoms with Crippen LogP contribution < -0.4 is 10.1 Å². The first-order chi connectivity index (χ1) is 17.2. The highest BCUT2D eigenvalue weighted by atomic mass is 16.5. The maximum atomic E-state index is 12.7. The first kappa shape index (κ1) is 21.2. The SMILES string of the molecule is COc1nc(NC2Cc3ccccc3C2)ncc1-c1nnc(CC(=O)N2CCc3[nH]nnc3C2)o1. The minimum absolute atomic E-state index is 0.00869. The minimum atomic E-state index is -0.117. The van der Waals surface area contributed by atoms with Crippen LogP contribution in [0.3, 0.4) is 0 Å². The number of hydrogen-bond acceptors (Lipinski definition) is 10. The van der Waals surface area contributed by atoms with Gasteiger partial charge in [0, 0.05) is 25.2 Å². The van der Waals surface area contributed by atoms with Crippen molar-refractivity contribution in [2.24, 2.45) is 0 Å². The van der Waals surface area contributed by atoms with Crippen molar-refractivity contribution in [2.75, 3.05) is 19.0 Å². The lowest BCUT2D eigenvalue weighted by Crippen LogP contribution is -2.37. The van der Waals surface area contributed by atoms with E-state index >= 15 is 0 Å². The maximum Gasteiger partial charge on any atom is 0.254 e. The zero-order valence-electron chi connectivity index (χ0n) is 19.1. The molecule has 1 amide bonds. The van der Waals surface area contributed by atoms with Gasteiger partial charge in [-0.3, -0.25) is 9.89 Å². The zero-order valence-corrected chi connectivity index (χ0v) is 19.1. The van der Waals surface area contributed by atoms with Gasteiger partial charge in [0.05, 0.1) is 19.3 Å². The van der Waals surface area contributed by atoms with Gasteiger partial charge in [0.2, 0.25) is 23.6 Å². The summed E-state index contributed by atoms with van der Waals surface area (Å²) in [5.74, 6) is 1.07. The number of hydrogen-bond donors (Lipinski definition) is 2. The lowest BCUT2D eigenvalue weighted by molar-refractivity contribution is -0.131. The molecule has 0 saturated heterocycles. The molecule has 6 rings (SSSR count). The van der Waals surface area contributed by atoms with Crippen molar-refractivity contribution in [3.05, 3.63) is 58.9 Å². The van der Waals surface area contributed by atoms with Gasteiger partial charge in [0.25, 0.3) is 5.89 Å². The molecular formula is C23H23N9O3. The van der Waals surface area contributed by atoms with Crippen LogP contribution in [0.2, 0.25) is 0 Å². The molecule has 178 valence electrons.